The van der Waals surface area contributed by atoms with Crippen LogP contribution in [-0.4, -0.2) is 53.0 Å². The number of allylic oxidation sites excluding steroid dienone is 5. The molecule has 0 amide bonds. The van der Waals surface area contributed by atoms with E-state index in [0.29, 0.717) is 11.8 Å². The topological polar surface area (TPSA) is 71.1 Å². The van der Waals surface area contributed by atoms with Crippen LogP contribution in [0.15, 0.2) is 47.6 Å². The fourth-order valence-corrected chi connectivity index (χ4v) is 12.7. The lowest BCUT2D eigenvalue weighted by Gasteiger charge is -2.45. The van der Waals surface area contributed by atoms with Crippen molar-refractivity contribution in [2.75, 3.05) is 13.2 Å². The number of fused-ring (bicyclic) bond motifs is 1. The Labute approximate surface area is 321 Å². The van der Waals surface area contributed by atoms with E-state index in [0.717, 1.165) is 37.7 Å². The molecule has 0 aromatic heterocycles. The van der Waals surface area contributed by atoms with Crippen molar-refractivity contribution in [1.29, 1.82) is 0 Å². The highest BCUT2D eigenvalue weighted by atomic mass is 31.2. The van der Waals surface area contributed by atoms with Crippen LogP contribution in [0.4, 0.5) is 0 Å². The summed E-state index contributed by atoms with van der Waals surface area (Å²) in [4.78, 5) is 13.5. The lowest BCUT2D eigenvalue weighted by atomic mass is 9.61. The molecule has 6 atom stereocenters. The first kappa shape index (κ1) is 45.5. The molecular formula is C43H77O6PSi2. The zero-order chi connectivity index (χ0) is 39.7. The summed E-state index contributed by atoms with van der Waals surface area (Å²) in [6.45, 7) is 40.1. The lowest BCUT2D eigenvalue weighted by Crippen LogP contribution is -2.49. The Morgan fingerprint density at radius 1 is 0.942 bits per heavy atom. The van der Waals surface area contributed by atoms with Crippen LogP contribution in [0.5, 0.6) is 0 Å². The second-order valence-electron chi connectivity index (χ2n) is 19.8. The summed E-state index contributed by atoms with van der Waals surface area (Å²) >= 11 is 0. The quantitative estimate of drug-likeness (QED) is 0.0994. The van der Waals surface area contributed by atoms with E-state index in [1.54, 1.807) is 39.3 Å². The molecule has 298 valence electrons. The molecular weight excluding hydrogens is 700 g/mol. The standard InChI is InChI=1S/C43H77O6PSi2/c1-18-46-50(45,47-19-2)42(11,12)39(44)27-22-31(3)36-25-26-37-33(21-20-28-43(36,37)13)23-24-34-29-35(48-51(14,15)40(5,6)7)30-38(32(34)4)49-52(16,17)41(8,9)10/h22-24,27,31,35-38H,4,18-21,25-26,28-30H2,1-3,5-17H3/b27-22+,33-23+,34-24-/t31-,35-,36-,37?,38+,43-/m1/s1. The van der Waals surface area contributed by atoms with Gasteiger partial charge in [-0.15, -0.1) is 0 Å². The van der Waals surface area contributed by atoms with Gasteiger partial charge in [0.2, 0.25) is 0 Å². The Balaban J connectivity index is 1.88. The van der Waals surface area contributed by atoms with Gasteiger partial charge in [-0.05, 0) is 143 Å². The molecule has 0 heterocycles. The second kappa shape index (κ2) is 16.7. The van der Waals surface area contributed by atoms with Crippen LogP contribution in [0.2, 0.25) is 36.3 Å². The van der Waals surface area contributed by atoms with E-state index in [4.69, 9.17) is 17.9 Å². The molecule has 3 aliphatic carbocycles. The van der Waals surface area contributed by atoms with Crippen molar-refractivity contribution in [3.05, 3.63) is 47.6 Å². The maximum Gasteiger partial charge on any atom is 0.343 e. The largest absolute Gasteiger partial charge is 0.413 e. The third kappa shape index (κ3) is 9.74. The van der Waals surface area contributed by atoms with Crippen LogP contribution in [0.1, 0.15) is 128 Å². The fourth-order valence-electron chi connectivity index (χ4n) is 8.32. The molecule has 0 radical (unpaired) electrons. The fraction of sp³-hybridized carbons (Fsp3) is 0.791. The first-order valence-electron chi connectivity index (χ1n) is 20.2. The number of hydrogen-bond donors (Lipinski definition) is 0. The minimum Gasteiger partial charge on any atom is -0.413 e. The summed E-state index contributed by atoms with van der Waals surface area (Å²) < 4.78 is 38.9. The molecule has 3 aliphatic rings. The zero-order valence-electron chi connectivity index (χ0n) is 36.2. The van der Waals surface area contributed by atoms with Crippen LogP contribution in [0.3, 0.4) is 0 Å². The third-order valence-corrected chi connectivity index (χ3v) is 25.7. The number of rotatable bonds is 14. The Morgan fingerprint density at radius 2 is 1.50 bits per heavy atom. The normalized spacial score (nSPS) is 29.3. The Bertz CT molecular complexity index is 1420. The summed E-state index contributed by atoms with van der Waals surface area (Å²) in [5.74, 6) is 0.976. The van der Waals surface area contributed by atoms with E-state index in [1.807, 2.05) is 0 Å². The summed E-state index contributed by atoms with van der Waals surface area (Å²) in [7, 11) is -7.62. The maximum atomic E-state index is 13.6. The van der Waals surface area contributed by atoms with E-state index in [2.05, 4.69) is 106 Å². The Morgan fingerprint density at radius 3 is 2.04 bits per heavy atom. The summed E-state index contributed by atoms with van der Waals surface area (Å²) in [5, 5.41) is -1.000. The molecule has 1 unspecified atom stereocenters. The van der Waals surface area contributed by atoms with Crippen molar-refractivity contribution in [2.24, 2.45) is 23.2 Å². The van der Waals surface area contributed by atoms with E-state index >= 15 is 0 Å². The molecule has 52 heavy (non-hydrogen) atoms. The van der Waals surface area contributed by atoms with Gasteiger partial charge in [-0.1, -0.05) is 85.8 Å². The molecule has 0 N–H and O–H groups in total. The molecule has 0 bridgehead atoms. The van der Waals surface area contributed by atoms with Crippen molar-refractivity contribution >= 4 is 30.0 Å². The molecule has 9 heteroatoms. The highest BCUT2D eigenvalue weighted by molar-refractivity contribution is 7.56. The molecule has 0 aromatic carbocycles. The van der Waals surface area contributed by atoms with Crippen LogP contribution in [0, 0.1) is 23.2 Å². The van der Waals surface area contributed by atoms with Gasteiger partial charge in [0.15, 0.2) is 22.4 Å². The molecule has 3 rings (SSSR count). The highest BCUT2D eigenvalue weighted by Gasteiger charge is 2.51. The summed E-state index contributed by atoms with van der Waals surface area (Å²) in [6, 6.07) is 0. The van der Waals surface area contributed by atoms with Crippen LogP contribution >= 0.6 is 7.60 Å². The molecule has 6 nitrogen and oxygen atoms in total. The predicted octanol–water partition coefficient (Wildman–Crippen LogP) is 13.0. The van der Waals surface area contributed by atoms with Crippen molar-refractivity contribution in [3.8, 4) is 0 Å². The number of carbonyl (C=O) groups is 1. The molecule has 3 fully saturated rings. The first-order chi connectivity index (χ1) is 23.7. The van der Waals surface area contributed by atoms with Crippen LogP contribution in [0.25, 0.3) is 0 Å². The van der Waals surface area contributed by atoms with Gasteiger partial charge in [-0.3, -0.25) is 9.36 Å². The molecule has 0 aliphatic heterocycles. The number of ketones is 1. The summed E-state index contributed by atoms with van der Waals surface area (Å²) in [5.41, 5.74) is 4.11. The van der Waals surface area contributed by atoms with Gasteiger partial charge in [0, 0.05) is 6.42 Å². The molecule has 0 spiro atoms. The Kier molecular flexibility index (Phi) is 14.6. The Hall–Kier alpha value is -0.866. The number of carbonyl (C=O) groups excluding carboxylic acids is 1. The SMILES string of the molecule is C=C1/C(=C\C=C2/CCC[C@@]3(C)C2CC[C@@H]3[C@H](C)/C=C/C(=O)C(C)(C)P(=O)(OCC)OCC)C[C@@H](O[Si](C)(C)C(C)(C)C)C[C@@H]1O[Si](C)(C)C(C)(C)C. The van der Waals surface area contributed by atoms with E-state index in [9.17, 15) is 9.36 Å². The van der Waals surface area contributed by atoms with E-state index in [-0.39, 0.29) is 52.6 Å². The zero-order valence-corrected chi connectivity index (χ0v) is 39.1. The maximum absolute atomic E-state index is 13.6. The summed E-state index contributed by atoms with van der Waals surface area (Å²) in [6.07, 6.45) is 16.1. The van der Waals surface area contributed by atoms with Gasteiger partial charge in [0.05, 0.1) is 25.4 Å². The van der Waals surface area contributed by atoms with Crippen molar-refractivity contribution in [1.82, 2.24) is 0 Å². The van der Waals surface area contributed by atoms with Crippen molar-refractivity contribution < 1.29 is 27.3 Å². The minimum atomic E-state index is -3.61. The highest BCUT2D eigenvalue weighted by Crippen LogP contribution is 2.61. The van der Waals surface area contributed by atoms with Gasteiger partial charge in [-0.25, -0.2) is 0 Å². The third-order valence-electron chi connectivity index (χ3n) is 13.8. The number of hydrogen-bond acceptors (Lipinski definition) is 6. The predicted molar refractivity (Wildman–Crippen MR) is 225 cm³/mol. The van der Waals surface area contributed by atoms with Crippen LogP contribution < -0.4 is 0 Å². The monoisotopic (exact) mass is 776 g/mol. The first-order valence-corrected chi connectivity index (χ1v) is 27.6. The lowest BCUT2D eigenvalue weighted by molar-refractivity contribution is -0.116. The van der Waals surface area contributed by atoms with Crippen molar-refractivity contribution in [3.63, 3.8) is 0 Å². The smallest absolute Gasteiger partial charge is 0.343 e. The average molecular weight is 777 g/mol. The van der Waals surface area contributed by atoms with Gasteiger partial charge < -0.3 is 17.9 Å². The van der Waals surface area contributed by atoms with Gasteiger partial charge in [0.1, 0.15) is 5.16 Å². The van der Waals surface area contributed by atoms with Gasteiger partial charge in [-0.2, -0.15) is 0 Å². The molecule has 3 saturated carbocycles. The minimum absolute atomic E-state index is 0.0298. The van der Waals surface area contributed by atoms with Crippen molar-refractivity contribution in [2.45, 2.75) is 182 Å². The van der Waals surface area contributed by atoms with Gasteiger partial charge >= 0.3 is 7.60 Å². The van der Waals surface area contributed by atoms with Gasteiger partial charge in [0.25, 0.3) is 0 Å². The van der Waals surface area contributed by atoms with E-state index < -0.39 is 29.4 Å². The average Bonchev–Trinajstić information content (AvgIpc) is 3.36. The molecule has 0 saturated heterocycles. The van der Waals surface area contributed by atoms with Crippen LogP contribution in [-0.2, 0) is 27.3 Å². The molecule has 0 aromatic rings. The van der Waals surface area contributed by atoms with E-state index in [1.165, 1.54) is 18.4 Å². The second-order valence-corrected chi connectivity index (χ2v) is 32.0.